The van der Waals surface area contributed by atoms with Gasteiger partial charge in [0.1, 0.15) is 11.4 Å². The molecule has 3 aromatic heterocycles. The van der Waals surface area contributed by atoms with Gasteiger partial charge in [0.2, 0.25) is 11.8 Å². The van der Waals surface area contributed by atoms with Crippen LogP contribution in [0.4, 0.5) is 0 Å². The molecule has 0 amide bonds. The summed E-state index contributed by atoms with van der Waals surface area (Å²) in [7, 11) is 0. The summed E-state index contributed by atoms with van der Waals surface area (Å²) >= 11 is 1.64. The fourth-order valence-electron chi connectivity index (χ4n) is 2.68. The molecule has 0 bridgehead atoms. The number of hydrogen-bond acceptors (Lipinski definition) is 6. The Morgan fingerprint density at radius 2 is 2.30 bits per heavy atom. The lowest BCUT2D eigenvalue weighted by molar-refractivity contribution is 0.451. The Hall–Kier alpha value is -2.02. The molecule has 0 unspecified atom stereocenters. The Balaban J connectivity index is 1.85. The Bertz CT molecular complexity index is 861. The van der Waals surface area contributed by atoms with E-state index >= 15 is 0 Å². The lowest BCUT2D eigenvalue weighted by Gasteiger charge is -2.02. The van der Waals surface area contributed by atoms with Gasteiger partial charge < -0.3 is 4.42 Å². The summed E-state index contributed by atoms with van der Waals surface area (Å²) < 4.78 is 6.86. The van der Waals surface area contributed by atoms with Gasteiger partial charge in [-0.25, -0.2) is 4.98 Å². The van der Waals surface area contributed by atoms with Crippen LogP contribution in [-0.4, -0.2) is 19.7 Å². The zero-order chi connectivity index (χ0) is 13.7. The highest BCUT2D eigenvalue weighted by Gasteiger charge is 2.21. The van der Waals surface area contributed by atoms with Crippen molar-refractivity contribution in [3.63, 3.8) is 0 Å². The van der Waals surface area contributed by atoms with Crippen LogP contribution in [0.3, 0.4) is 0 Å². The maximum absolute atomic E-state index is 12.6. The average molecular weight is 288 g/mol. The summed E-state index contributed by atoms with van der Waals surface area (Å²) in [5.41, 5.74) is 1.18. The number of aromatic nitrogens is 4. The number of hydrogen-bond donors (Lipinski definition) is 0. The molecule has 0 radical (unpaired) electrons. The average Bonchev–Trinajstić information content (AvgIpc) is 3.08. The van der Waals surface area contributed by atoms with Crippen LogP contribution in [0.25, 0.3) is 10.2 Å². The number of nitrogens with zero attached hydrogens (tertiary/aromatic N) is 4. The third kappa shape index (κ3) is 1.70. The van der Waals surface area contributed by atoms with E-state index in [1.165, 1.54) is 10.4 Å². The molecule has 0 atom stereocenters. The largest absolute Gasteiger partial charge is 0.424 e. The van der Waals surface area contributed by atoms with Crippen LogP contribution in [0.15, 0.2) is 15.5 Å². The molecule has 0 aliphatic heterocycles. The minimum Gasteiger partial charge on any atom is -0.424 e. The van der Waals surface area contributed by atoms with E-state index in [-0.39, 0.29) is 12.1 Å². The maximum atomic E-state index is 12.6. The molecule has 7 heteroatoms. The van der Waals surface area contributed by atoms with Crippen molar-refractivity contribution < 1.29 is 4.42 Å². The van der Waals surface area contributed by atoms with Crippen LogP contribution < -0.4 is 5.56 Å². The molecule has 0 spiro atoms. The number of fused-ring (bicyclic) bond motifs is 3. The van der Waals surface area contributed by atoms with Crippen LogP contribution in [0.1, 0.15) is 28.6 Å². The summed E-state index contributed by atoms with van der Waals surface area (Å²) in [6.45, 7) is 2.00. The second kappa shape index (κ2) is 4.24. The van der Waals surface area contributed by atoms with Crippen LogP contribution >= 0.6 is 11.3 Å². The van der Waals surface area contributed by atoms with Gasteiger partial charge in [-0.2, -0.15) is 0 Å². The standard InChI is InChI=1S/C13H12N4O2S/c1-7-15-16-10(19-7)5-17-6-14-12-11(13(17)18)8-3-2-4-9(8)20-12/h6H,2-5H2,1H3. The Morgan fingerprint density at radius 3 is 3.10 bits per heavy atom. The number of thiophene rings is 1. The first-order valence-electron chi connectivity index (χ1n) is 6.51. The van der Waals surface area contributed by atoms with E-state index in [9.17, 15) is 4.79 Å². The van der Waals surface area contributed by atoms with Crippen molar-refractivity contribution in [2.45, 2.75) is 32.7 Å². The summed E-state index contributed by atoms with van der Waals surface area (Å²) in [5.74, 6) is 0.927. The smallest absolute Gasteiger partial charge is 0.262 e. The Morgan fingerprint density at radius 1 is 1.40 bits per heavy atom. The fourth-order valence-corrected chi connectivity index (χ4v) is 3.90. The minimum absolute atomic E-state index is 0.00902. The van der Waals surface area contributed by atoms with Crippen molar-refractivity contribution >= 4 is 21.6 Å². The van der Waals surface area contributed by atoms with E-state index < -0.39 is 0 Å². The molecular formula is C13H12N4O2S. The van der Waals surface area contributed by atoms with Crippen molar-refractivity contribution in [2.75, 3.05) is 0 Å². The van der Waals surface area contributed by atoms with Gasteiger partial charge in [-0.3, -0.25) is 9.36 Å². The van der Waals surface area contributed by atoms with Crippen molar-refractivity contribution in [3.05, 3.63) is 38.9 Å². The zero-order valence-corrected chi connectivity index (χ0v) is 11.7. The number of rotatable bonds is 2. The second-order valence-corrected chi connectivity index (χ2v) is 6.01. The lowest BCUT2D eigenvalue weighted by Crippen LogP contribution is -2.21. The molecule has 3 heterocycles. The summed E-state index contributed by atoms with van der Waals surface area (Å²) in [5, 5.41) is 8.47. The third-order valence-electron chi connectivity index (χ3n) is 3.57. The fraction of sp³-hybridized carbons (Fsp3) is 0.385. The molecule has 0 fully saturated rings. The van der Waals surface area contributed by atoms with Gasteiger partial charge in [-0.05, 0) is 24.8 Å². The molecule has 1 aliphatic rings. The predicted molar refractivity (Wildman–Crippen MR) is 74.0 cm³/mol. The Kier molecular flexibility index (Phi) is 2.50. The summed E-state index contributed by atoms with van der Waals surface area (Å²) in [6, 6.07) is 0. The van der Waals surface area contributed by atoms with Crippen LogP contribution in [0.5, 0.6) is 0 Å². The van der Waals surface area contributed by atoms with Crippen molar-refractivity contribution in [2.24, 2.45) is 0 Å². The van der Waals surface area contributed by atoms with E-state index in [4.69, 9.17) is 4.42 Å². The quantitative estimate of drug-likeness (QED) is 0.717. The molecule has 20 heavy (non-hydrogen) atoms. The first-order chi connectivity index (χ1) is 9.72. The SMILES string of the molecule is Cc1nnc(Cn2cnc3sc4c(c3c2=O)CCC4)o1. The van der Waals surface area contributed by atoms with Crippen LogP contribution in [-0.2, 0) is 19.4 Å². The molecule has 6 nitrogen and oxygen atoms in total. The van der Waals surface area contributed by atoms with Gasteiger partial charge in [0.25, 0.3) is 5.56 Å². The molecule has 0 saturated heterocycles. The topological polar surface area (TPSA) is 73.8 Å². The number of aryl methyl sites for hydroxylation is 3. The highest BCUT2D eigenvalue weighted by atomic mass is 32.1. The molecule has 0 N–H and O–H groups in total. The van der Waals surface area contributed by atoms with Crippen LogP contribution in [0.2, 0.25) is 0 Å². The predicted octanol–water partition coefficient (Wildman–Crippen LogP) is 1.69. The molecule has 102 valence electrons. The molecular weight excluding hydrogens is 276 g/mol. The van der Waals surface area contributed by atoms with E-state index in [2.05, 4.69) is 15.2 Å². The van der Waals surface area contributed by atoms with Gasteiger partial charge in [-0.15, -0.1) is 21.5 Å². The first-order valence-corrected chi connectivity index (χ1v) is 7.32. The van der Waals surface area contributed by atoms with Gasteiger partial charge >= 0.3 is 0 Å². The molecule has 0 aromatic carbocycles. The Labute approximate surface area is 118 Å². The molecule has 0 saturated carbocycles. The molecule has 1 aliphatic carbocycles. The monoisotopic (exact) mass is 288 g/mol. The van der Waals surface area contributed by atoms with Crippen molar-refractivity contribution in [1.29, 1.82) is 0 Å². The summed E-state index contributed by atoms with van der Waals surface area (Å²) in [4.78, 5) is 19.2. The highest BCUT2D eigenvalue weighted by Crippen LogP contribution is 2.34. The minimum atomic E-state index is -0.00902. The maximum Gasteiger partial charge on any atom is 0.262 e. The van der Waals surface area contributed by atoms with E-state index in [0.29, 0.717) is 11.8 Å². The summed E-state index contributed by atoms with van der Waals surface area (Å²) in [6.07, 6.45) is 4.75. The van der Waals surface area contributed by atoms with Crippen molar-refractivity contribution in [1.82, 2.24) is 19.7 Å². The van der Waals surface area contributed by atoms with Gasteiger partial charge in [0.15, 0.2) is 0 Å². The van der Waals surface area contributed by atoms with Gasteiger partial charge in [0.05, 0.1) is 11.7 Å². The lowest BCUT2D eigenvalue weighted by atomic mass is 10.2. The molecule has 4 rings (SSSR count). The molecule has 3 aromatic rings. The van der Waals surface area contributed by atoms with E-state index in [0.717, 1.165) is 29.5 Å². The zero-order valence-electron chi connectivity index (χ0n) is 10.9. The van der Waals surface area contributed by atoms with Gasteiger partial charge in [-0.1, -0.05) is 0 Å². The second-order valence-electron chi connectivity index (χ2n) is 4.93. The van der Waals surface area contributed by atoms with E-state index in [1.807, 2.05) is 0 Å². The first kappa shape index (κ1) is 11.8. The van der Waals surface area contributed by atoms with E-state index in [1.54, 1.807) is 29.2 Å². The van der Waals surface area contributed by atoms with Crippen LogP contribution in [0, 0.1) is 6.92 Å². The van der Waals surface area contributed by atoms with Crippen molar-refractivity contribution in [3.8, 4) is 0 Å². The highest BCUT2D eigenvalue weighted by molar-refractivity contribution is 7.18. The van der Waals surface area contributed by atoms with Gasteiger partial charge in [0, 0.05) is 11.8 Å². The third-order valence-corrected chi connectivity index (χ3v) is 4.77. The normalized spacial score (nSPS) is 14.1.